The largest absolute Gasteiger partial charge is 0.487 e. The molecule has 5 nitrogen and oxygen atoms in total. The van der Waals surface area contributed by atoms with E-state index in [-0.39, 0.29) is 12.5 Å². The molecule has 0 aliphatic heterocycles. The van der Waals surface area contributed by atoms with Crippen molar-refractivity contribution in [3.8, 4) is 5.75 Å². The van der Waals surface area contributed by atoms with E-state index < -0.39 is 0 Å². The number of rotatable bonds is 8. The fraction of sp³-hybridized carbons (Fsp3) is 0.0909. The van der Waals surface area contributed by atoms with Crippen LogP contribution in [0.4, 0.5) is 5.69 Å². The van der Waals surface area contributed by atoms with E-state index in [9.17, 15) is 4.79 Å². The Morgan fingerprint density at radius 3 is 2.45 bits per heavy atom. The molecule has 0 unspecified atom stereocenters. The van der Waals surface area contributed by atoms with Crippen LogP contribution in [0.3, 0.4) is 0 Å². The molecule has 9 heteroatoms. The summed E-state index contributed by atoms with van der Waals surface area (Å²) >= 11 is 14.0. The first-order valence-electron chi connectivity index (χ1n) is 9.09. The van der Waals surface area contributed by atoms with Crippen molar-refractivity contribution in [1.82, 2.24) is 5.43 Å². The summed E-state index contributed by atoms with van der Waals surface area (Å²) < 4.78 is 8.86. The van der Waals surface area contributed by atoms with Crippen LogP contribution >= 0.6 is 72.7 Å². The van der Waals surface area contributed by atoms with Crippen LogP contribution in [0.5, 0.6) is 5.75 Å². The summed E-state index contributed by atoms with van der Waals surface area (Å²) in [6.45, 7) is 0.517. The van der Waals surface area contributed by atoms with E-state index in [0.717, 1.165) is 34.2 Å². The highest BCUT2D eigenvalue weighted by molar-refractivity contribution is 14.1. The number of carbonyl (C=O) groups is 1. The van der Waals surface area contributed by atoms with E-state index in [2.05, 4.69) is 77.0 Å². The summed E-state index contributed by atoms with van der Waals surface area (Å²) in [5.74, 6) is 0.559. The minimum absolute atomic E-state index is 0.128. The predicted molar refractivity (Wildman–Crippen MR) is 146 cm³/mol. The van der Waals surface area contributed by atoms with E-state index in [0.29, 0.717) is 11.6 Å². The molecular weight excluding hydrogens is 707 g/mol. The average Bonchev–Trinajstić information content (AvgIpc) is 2.74. The first kappa shape index (κ1) is 24.3. The van der Waals surface area contributed by atoms with Crippen molar-refractivity contribution in [2.45, 2.75) is 6.61 Å². The Balaban J connectivity index is 1.54. The van der Waals surface area contributed by atoms with Crippen molar-refractivity contribution in [2.24, 2.45) is 5.10 Å². The van der Waals surface area contributed by atoms with Crippen molar-refractivity contribution in [1.29, 1.82) is 0 Å². The molecule has 0 aliphatic carbocycles. The zero-order valence-corrected chi connectivity index (χ0v) is 22.7. The van der Waals surface area contributed by atoms with Crippen molar-refractivity contribution in [3.63, 3.8) is 0 Å². The maximum atomic E-state index is 12.0. The number of hydrogen-bond donors (Lipinski definition) is 2. The van der Waals surface area contributed by atoms with E-state index in [1.807, 2.05) is 60.7 Å². The van der Waals surface area contributed by atoms with Crippen molar-refractivity contribution < 1.29 is 9.53 Å². The van der Waals surface area contributed by atoms with Gasteiger partial charge in [-0.2, -0.15) is 5.10 Å². The second-order valence-corrected chi connectivity index (χ2v) is 9.99. The lowest BCUT2D eigenvalue weighted by molar-refractivity contribution is -0.119. The molecule has 31 heavy (non-hydrogen) atoms. The third kappa shape index (κ3) is 7.62. The van der Waals surface area contributed by atoms with Crippen LogP contribution in [0.25, 0.3) is 0 Å². The average molecular weight is 725 g/mol. The second kappa shape index (κ2) is 12.0. The fourth-order valence-electron chi connectivity index (χ4n) is 2.53. The summed E-state index contributed by atoms with van der Waals surface area (Å²) in [4.78, 5) is 12.0. The molecule has 0 fully saturated rings. The van der Waals surface area contributed by atoms with Crippen LogP contribution in [-0.4, -0.2) is 18.7 Å². The highest BCUT2D eigenvalue weighted by Gasteiger charge is 2.10. The molecule has 3 aromatic rings. The van der Waals surface area contributed by atoms with E-state index in [4.69, 9.17) is 16.3 Å². The smallest absolute Gasteiger partial charge is 0.259 e. The van der Waals surface area contributed by atoms with Crippen molar-refractivity contribution in [3.05, 3.63) is 88.4 Å². The first-order valence-corrected chi connectivity index (χ1v) is 12.4. The van der Waals surface area contributed by atoms with Gasteiger partial charge in [-0.3, -0.25) is 4.79 Å². The van der Waals surface area contributed by atoms with E-state index in [1.54, 1.807) is 6.21 Å². The van der Waals surface area contributed by atoms with Gasteiger partial charge in [-0.15, -0.1) is 0 Å². The molecule has 3 aromatic carbocycles. The lowest BCUT2D eigenvalue weighted by Crippen LogP contribution is -2.25. The maximum Gasteiger partial charge on any atom is 0.259 e. The molecule has 0 aromatic heterocycles. The Kier molecular flexibility index (Phi) is 9.42. The number of carbonyl (C=O) groups excluding carboxylic acids is 1. The topological polar surface area (TPSA) is 62.7 Å². The van der Waals surface area contributed by atoms with Gasteiger partial charge >= 0.3 is 0 Å². The van der Waals surface area contributed by atoms with Gasteiger partial charge < -0.3 is 10.1 Å². The standard InChI is InChI=1S/C22H17BrClI2N3O2/c23-16-5-7-17(8-6-16)27-12-21(30)29-28-11-14-9-19(25)22(20(26)10-14)31-13-15-3-1-2-4-18(15)24/h1-11,27H,12-13H2,(H,29,30)/b28-11-. The third-order valence-electron chi connectivity index (χ3n) is 4.05. The molecular formula is C22H17BrClI2N3O2. The molecule has 0 saturated heterocycles. The van der Waals surface area contributed by atoms with E-state index >= 15 is 0 Å². The molecule has 0 aliphatic rings. The molecule has 0 radical (unpaired) electrons. The summed E-state index contributed by atoms with van der Waals surface area (Å²) in [6, 6.07) is 19.1. The number of ether oxygens (including phenoxy) is 1. The molecule has 1 amide bonds. The Morgan fingerprint density at radius 2 is 1.77 bits per heavy atom. The number of nitrogens with zero attached hydrogens (tertiary/aromatic N) is 1. The van der Waals surface area contributed by atoms with Gasteiger partial charge in [0.05, 0.1) is 19.9 Å². The van der Waals surface area contributed by atoms with Gasteiger partial charge in [0.1, 0.15) is 12.4 Å². The number of hydrazone groups is 1. The quantitative estimate of drug-likeness (QED) is 0.160. The SMILES string of the molecule is O=C(CNc1ccc(Br)cc1)N/N=C\c1cc(I)c(OCc2ccccc2Cl)c(I)c1. The number of halogens is 4. The highest BCUT2D eigenvalue weighted by atomic mass is 127. The summed E-state index contributed by atoms with van der Waals surface area (Å²) in [5.41, 5.74) is 5.18. The third-order valence-corrected chi connectivity index (χ3v) is 6.55. The molecule has 0 atom stereocenters. The zero-order chi connectivity index (χ0) is 22.2. The molecule has 3 rings (SSSR count). The lowest BCUT2D eigenvalue weighted by Gasteiger charge is -2.12. The number of anilines is 1. The Labute approximate surface area is 221 Å². The van der Waals surface area contributed by atoms with Crippen LogP contribution in [0.1, 0.15) is 11.1 Å². The van der Waals surface area contributed by atoms with E-state index in [1.165, 1.54) is 0 Å². The molecule has 160 valence electrons. The zero-order valence-electron chi connectivity index (χ0n) is 16.0. The Hall–Kier alpha value is -1.37. The maximum absolute atomic E-state index is 12.0. The van der Waals surface area contributed by atoms with Crippen LogP contribution in [0.2, 0.25) is 5.02 Å². The fourth-order valence-corrected chi connectivity index (χ4v) is 5.11. The number of benzene rings is 3. The molecule has 0 saturated carbocycles. The lowest BCUT2D eigenvalue weighted by atomic mass is 10.2. The monoisotopic (exact) mass is 723 g/mol. The number of amides is 1. The van der Waals surface area contributed by atoms with Crippen LogP contribution in [0, 0.1) is 7.14 Å². The van der Waals surface area contributed by atoms with Crippen molar-refractivity contribution >= 4 is 90.5 Å². The van der Waals surface area contributed by atoms with Gasteiger partial charge in [-0.1, -0.05) is 45.7 Å². The van der Waals surface area contributed by atoms with Gasteiger partial charge in [0, 0.05) is 20.7 Å². The number of nitrogens with one attached hydrogen (secondary N) is 2. The van der Waals surface area contributed by atoms with Crippen LogP contribution in [0.15, 0.2) is 70.2 Å². The van der Waals surface area contributed by atoms with Gasteiger partial charge in [0.25, 0.3) is 5.91 Å². The summed E-state index contributed by atoms with van der Waals surface area (Å²) in [7, 11) is 0. The second-order valence-electron chi connectivity index (χ2n) is 6.35. The minimum atomic E-state index is -0.233. The normalized spacial score (nSPS) is 10.8. The van der Waals surface area contributed by atoms with Gasteiger partial charge in [-0.25, -0.2) is 5.43 Å². The van der Waals surface area contributed by atoms with Gasteiger partial charge in [0.2, 0.25) is 0 Å². The predicted octanol–water partition coefficient (Wildman–Crippen LogP) is 6.45. The summed E-state index contributed by atoms with van der Waals surface area (Å²) in [6.07, 6.45) is 1.61. The first-order chi connectivity index (χ1) is 14.9. The molecule has 0 heterocycles. The van der Waals surface area contributed by atoms with Gasteiger partial charge in [0.15, 0.2) is 0 Å². The Bertz CT molecular complexity index is 1070. The Morgan fingerprint density at radius 1 is 1.10 bits per heavy atom. The van der Waals surface area contributed by atoms with Crippen molar-refractivity contribution in [2.75, 3.05) is 11.9 Å². The van der Waals surface area contributed by atoms with Crippen LogP contribution in [-0.2, 0) is 11.4 Å². The minimum Gasteiger partial charge on any atom is -0.487 e. The molecule has 0 spiro atoms. The highest BCUT2D eigenvalue weighted by Crippen LogP contribution is 2.30. The van der Waals surface area contributed by atoms with Crippen LogP contribution < -0.4 is 15.5 Å². The molecule has 0 bridgehead atoms. The number of hydrogen-bond acceptors (Lipinski definition) is 4. The molecule has 2 N–H and O–H groups in total. The summed E-state index contributed by atoms with van der Waals surface area (Å²) in [5, 5.41) is 7.77. The van der Waals surface area contributed by atoms with Gasteiger partial charge in [-0.05, 0) is 93.2 Å².